The maximum Gasteiger partial charge on any atom is 0.257 e. The Balaban J connectivity index is 2.20. The van der Waals surface area contributed by atoms with Gasteiger partial charge in [-0.3, -0.25) is 4.79 Å². The molecule has 0 fully saturated rings. The van der Waals surface area contributed by atoms with E-state index in [4.69, 9.17) is 16.3 Å². The third-order valence-corrected chi connectivity index (χ3v) is 3.08. The number of carbonyl (C=O) groups excluding carboxylic acids is 1. The van der Waals surface area contributed by atoms with Gasteiger partial charge in [-0.2, -0.15) is 0 Å². The van der Waals surface area contributed by atoms with E-state index in [2.05, 4.69) is 10.6 Å². The fourth-order valence-corrected chi connectivity index (χ4v) is 1.97. The Hall–Kier alpha value is -2.20. The third-order valence-electron chi connectivity index (χ3n) is 2.84. The summed E-state index contributed by atoms with van der Waals surface area (Å²) in [5.74, 6) is 0.517. The highest BCUT2D eigenvalue weighted by Crippen LogP contribution is 2.22. The first-order valence-electron chi connectivity index (χ1n) is 6.06. The molecule has 2 N–H and O–H groups in total. The van der Waals surface area contributed by atoms with Crippen LogP contribution in [-0.4, -0.2) is 20.1 Å². The molecule has 0 radical (unpaired) electrons. The summed E-state index contributed by atoms with van der Waals surface area (Å²) in [5, 5.41) is 6.30. The number of hydrogen-bond donors (Lipinski definition) is 2. The van der Waals surface area contributed by atoms with E-state index in [1.807, 2.05) is 0 Å². The zero-order valence-corrected chi connectivity index (χ0v) is 12.0. The number of nitrogens with one attached hydrogen (secondary N) is 2. The minimum absolute atomic E-state index is 0.220. The van der Waals surface area contributed by atoms with E-state index in [1.54, 1.807) is 56.6 Å². The van der Waals surface area contributed by atoms with E-state index in [0.717, 1.165) is 11.4 Å². The second kappa shape index (κ2) is 6.30. The van der Waals surface area contributed by atoms with E-state index in [1.165, 1.54) is 0 Å². The van der Waals surface area contributed by atoms with Crippen molar-refractivity contribution in [3.05, 3.63) is 53.1 Å². The van der Waals surface area contributed by atoms with E-state index in [0.29, 0.717) is 16.3 Å². The standard InChI is InChI=1S/C15H15ClN2O2/c1-17-14-8-3-10(16)9-13(14)15(19)18-11-4-6-12(20-2)7-5-11/h3-9,17H,1-2H3,(H,18,19). The van der Waals surface area contributed by atoms with Crippen molar-refractivity contribution in [2.24, 2.45) is 0 Å². The Morgan fingerprint density at radius 2 is 1.85 bits per heavy atom. The van der Waals surface area contributed by atoms with E-state index in [9.17, 15) is 4.79 Å². The van der Waals surface area contributed by atoms with Crippen molar-refractivity contribution in [2.45, 2.75) is 0 Å². The second-order valence-electron chi connectivity index (χ2n) is 4.12. The SMILES string of the molecule is CNc1ccc(Cl)cc1C(=O)Nc1ccc(OC)cc1. The van der Waals surface area contributed by atoms with Gasteiger partial charge in [-0.25, -0.2) is 0 Å². The number of anilines is 2. The predicted octanol–water partition coefficient (Wildman–Crippen LogP) is 3.64. The van der Waals surface area contributed by atoms with Crippen LogP contribution in [0.1, 0.15) is 10.4 Å². The lowest BCUT2D eigenvalue weighted by molar-refractivity contribution is 0.102. The quantitative estimate of drug-likeness (QED) is 0.904. The van der Waals surface area contributed by atoms with Gasteiger partial charge in [0.25, 0.3) is 5.91 Å². The molecule has 2 rings (SSSR count). The molecule has 0 atom stereocenters. The molecule has 0 aliphatic heterocycles. The molecule has 0 unspecified atom stereocenters. The number of halogens is 1. The Bertz CT molecular complexity index is 612. The second-order valence-corrected chi connectivity index (χ2v) is 4.56. The summed E-state index contributed by atoms with van der Waals surface area (Å²) in [4.78, 5) is 12.3. The van der Waals surface area contributed by atoms with Crippen LogP contribution < -0.4 is 15.4 Å². The molecule has 0 bridgehead atoms. The van der Waals surface area contributed by atoms with Crippen LogP contribution in [0, 0.1) is 0 Å². The van der Waals surface area contributed by atoms with E-state index >= 15 is 0 Å². The number of benzene rings is 2. The number of rotatable bonds is 4. The van der Waals surface area contributed by atoms with E-state index < -0.39 is 0 Å². The minimum Gasteiger partial charge on any atom is -0.497 e. The predicted molar refractivity (Wildman–Crippen MR) is 81.9 cm³/mol. The molecule has 2 aromatic carbocycles. The molecule has 0 heterocycles. The van der Waals surface area contributed by atoms with Crippen LogP contribution in [0.4, 0.5) is 11.4 Å². The summed E-state index contributed by atoms with van der Waals surface area (Å²) >= 11 is 5.94. The monoisotopic (exact) mass is 290 g/mol. The summed E-state index contributed by atoms with van der Waals surface area (Å²) in [6, 6.07) is 12.3. The number of amides is 1. The van der Waals surface area contributed by atoms with E-state index in [-0.39, 0.29) is 5.91 Å². The van der Waals surface area contributed by atoms with Crippen molar-refractivity contribution in [3.8, 4) is 5.75 Å². The molecule has 0 saturated heterocycles. The van der Waals surface area contributed by atoms with Crippen LogP contribution in [-0.2, 0) is 0 Å². The summed E-state index contributed by atoms with van der Waals surface area (Å²) < 4.78 is 5.07. The van der Waals surface area contributed by atoms with Gasteiger partial charge in [0.15, 0.2) is 0 Å². The van der Waals surface area contributed by atoms with Crippen LogP contribution in [0.15, 0.2) is 42.5 Å². The average molecular weight is 291 g/mol. The third kappa shape index (κ3) is 3.22. The lowest BCUT2D eigenvalue weighted by atomic mass is 10.1. The van der Waals surface area contributed by atoms with Gasteiger partial charge in [-0.1, -0.05) is 11.6 Å². The van der Waals surface area contributed by atoms with Crippen LogP contribution in [0.3, 0.4) is 0 Å². The molecule has 0 saturated carbocycles. The van der Waals surface area contributed by atoms with Crippen molar-refractivity contribution in [2.75, 3.05) is 24.8 Å². The van der Waals surface area contributed by atoms with Crippen molar-refractivity contribution in [1.82, 2.24) is 0 Å². The lowest BCUT2D eigenvalue weighted by Gasteiger charge is -2.10. The van der Waals surface area contributed by atoms with Crippen molar-refractivity contribution < 1.29 is 9.53 Å². The molecule has 0 aromatic heterocycles. The Labute approximate surface area is 122 Å². The van der Waals surface area contributed by atoms with Gasteiger partial charge in [0, 0.05) is 23.4 Å². The maximum absolute atomic E-state index is 12.3. The van der Waals surface area contributed by atoms with Crippen LogP contribution >= 0.6 is 11.6 Å². The Morgan fingerprint density at radius 1 is 1.15 bits per heavy atom. The fourth-order valence-electron chi connectivity index (χ4n) is 1.80. The molecule has 0 spiro atoms. The largest absolute Gasteiger partial charge is 0.497 e. The van der Waals surface area contributed by atoms with Crippen LogP contribution in [0.2, 0.25) is 5.02 Å². The number of hydrogen-bond acceptors (Lipinski definition) is 3. The Morgan fingerprint density at radius 3 is 2.45 bits per heavy atom. The summed E-state index contributed by atoms with van der Waals surface area (Å²) in [6.07, 6.45) is 0. The lowest BCUT2D eigenvalue weighted by Crippen LogP contribution is -2.14. The number of ether oxygens (including phenoxy) is 1. The fraction of sp³-hybridized carbons (Fsp3) is 0.133. The molecule has 20 heavy (non-hydrogen) atoms. The van der Waals surface area contributed by atoms with Crippen LogP contribution in [0.25, 0.3) is 0 Å². The zero-order chi connectivity index (χ0) is 14.5. The van der Waals surface area contributed by atoms with Crippen LogP contribution in [0.5, 0.6) is 5.75 Å². The first-order chi connectivity index (χ1) is 9.63. The van der Waals surface area contributed by atoms with Crippen molar-refractivity contribution >= 4 is 28.9 Å². The normalized spacial score (nSPS) is 9.95. The zero-order valence-electron chi connectivity index (χ0n) is 11.2. The van der Waals surface area contributed by atoms with Gasteiger partial charge >= 0.3 is 0 Å². The smallest absolute Gasteiger partial charge is 0.257 e. The highest BCUT2D eigenvalue weighted by molar-refractivity contribution is 6.31. The average Bonchev–Trinajstić information content (AvgIpc) is 2.48. The van der Waals surface area contributed by atoms with Gasteiger partial charge in [0.05, 0.1) is 12.7 Å². The first-order valence-corrected chi connectivity index (χ1v) is 6.44. The van der Waals surface area contributed by atoms with Gasteiger partial charge in [0.1, 0.15) is 5.75 Å². The highest BCUT2D eigenvalue weighted by atomic mass is 35.5. The number of carbonyl (C=O) groups is 1. The number of methoxy groups -OCH3 is 1. The molecule has 2 aromatic rings. The van der Waals surface area contributed by atoms with Gasteiger partial charge in [-0.15, -0.1) is 0 Å². The van der Waals surface area contributed by atoms with Gasteiger partial charge in [0.2, 0.25) is 0 Å². The van der Waals surface area contributed by atoms with Gasteiger partial charge < -0.3 is 15.4 Å². The summed E-state index contributed by atoms with van der Waals surface area (Å²) in [6.45, 7) is 0. The first kappa shape index (κ1) is 14.2. The molecule has 1 amide bonds. The molecule has 0 aliphatic rings. The highest BCUT2D eigenvalue weighted by Gasteiger charge is 2.11. The topological polar surface area (TPSA) is 50.4 Å². The van der Waals surface area contributed by atoms with Crippen molar-refractivity contribution in [1.29, 1.82) is 0 Å². The maximum atomic E-state index is 12.3. The van der Waals surface area contributed by atoms with Crippen molar-refractivity contribution in [3.63, 3.8) is 0 Å². The summed E-state index contributed by atoms with van der Waals surface area (Å²) in [5.41, 5.74) is 1.91. The molecule has 104 valence electrons. The molecular formula is C15H15ClN2O2. The Kier molecular flexibility index (Phi) is 4.48. The molecule has 0 aliphatic carbocycles. The minimum atomic E-state index is -0.220. The molecule has 4 nitrogen and oxygen atoms in total. The molecular weight excluding hydrogens is 276 g/mol. The summed E-state index contributed by atoms with van der Waals surface area (Å²) in [7, 11) is 3.35. The van der Waals surface area contributed by atoms with Gasteiger partial charge in [-0.05, 0) is 42.5 Å². The molecule has 5 heteroatoms.